The van der Waals surface area contributed by atoms with Crippen LogP contribution < -0.4 is 0 Å². The zero-order valence-corrected chi connectivity index (χ0v) is 24.4. The van der Waals surface area contributed by atoms with E-state index in [9.17, 15) is 14.4 Å². The summed E-state index contributed by atoms with van der Waals surface area (Å²) in [6.07, 6.45) is 1.80. The second-order valence-electron chi connectivity index (χ2n) is 12.5. The number of rotatable bonds is 5. The fourth-order valence-corrected chi connectivity index (χ4v) is 4.90. The number of benzene rings is 1. The first-order valence-corrected chi connectivity index (χ1v) is 14.0. The lowest BCUT2D eigenvalue weighted by Gasteiger charge is -2.33. The van der Waals surface area contributed by atoms with Gasteiger partial charge in [0, 0.05) is 5.92 Å². The topological polar surface area (TPSA) is 101 Å². The minimum Gasteiger partial charge on any atom is -0.458 e. The molecule has 2 aliphatic rings. The monoisotopic (exact) mass is 547 g/mol. The Bertz CT molecular complexity index is 933. The molecule has 0 spiro atoms. The van der Waals surface area contributed by atoms with Crippen molar-refractivity contribution in [1.29, 1.82) is 0 Å². The molecule has 0 unspecified atom stereocenters. The number of imide groups is 1. The first kappa shape index (κ1) is 30.9. The van der Waals surface area contributed by atoms with Gasteiger partial charge in [-0.1, -0.05) is 43.2 Å². The largest absolute Gasteiger partial charge is 0.458 e. The number of ether oxygens (including phenoxy) is 5. The number of hydrogen-bond donors (Lipinski definition) is 0. The third-order valence-electron chi connectivity index (χ3n) is 6.59. The van der Waals surface area contributed by atoms with Crippen molar-refractivity contribution in [2.24, 2.45) is 5.92 Å². The highest BCUT2D eigenvalue weighted by Gasteiger charge is 2.44. The average molecular weight is 548 g/mol. The predicted octanol–water partition coefficient (Wildman–Crippen LogP) is 5.68. The minimum absolute atomic E-state index is 0.0889. The summed E-state index contributed by atoms with van der Waals surface area (Å²) in [4.78, 5) is 40.6. The van der Waals surface area contributed by atoms with Crippen LogP contribution in [0, 0.1) is 5.92 Å². The van der Waals surface area contributed by atoms with E-state index in [2.05, 4.69) is 0 Å². The van der Waals surface area contributed by atoms with Crippen LogP contribution in [0.15, 0.2) is 30.3 Å². The SMILES string of the molecule is C[C@@H]1OC(=O)[C@@H](N(C(=O)OC(C)(C)C)C(=O)OC(C)(C)C)COC[C@H](Cc2ccccc2)[C@H]1OC1CCCC1. The number of amides is 2. The van der Waals surface area contributed by atoms with E-state index in [1.54, 1.807) is 48.5 Å². The standard InChI is InChI=1S/C30H45NO8/c1-20-25(37-23-15-11-12-16-23)22(17-21-13-9-8-10-14-21)18-35-19-24(26(32)36-20)31(27(33)38-29(2,3)4)28(34)39-30(5,6)7/h8-10,13-14,20,22-25H,11-12,15-19H2,1-7H3/t20-,22-,24-,25-/m0/s1. The van der Waals surface area contributed by atoms with Crippen molar-refractivity contribution in [2.45, 2.75) is 116 Å². The van der Waals surface area contributed by atoms with Gasteiger partial charge in [0.1, 0.15) is 17.3 Å². The average Bonchev–Trinajstić information content (AvgIpc) is 3.33. The molecule has 218 valence electrons. The maximum atomic E-state index is 13.5. The molecule has 39 heavy (non-hydrogen) atoms. The number of carbonyl (C=O) groups excluding carboxylic acids is 3. The summed E-state index contributed by atoms with van der Waals surface area (Å²) in [5, 5.41) is 0. The molecule has 1 aromatic carbocycles. The molecule has 9 nitrogen and oxygen atoms in total. The number of hydrogen-bond acceptors (Lipinski definition) is 8. The molecular formula is C30H45NO8. The summed E-state index contributed by atoms with van der Waals surface area (Å²) in [5.74, 6) is -0.898. The molecule has 1 aromatic rings. The van der Waals surface area contributed by atoms with Gasteiger partial charge in [0.15, 0.2) is 6.04 Å². The van der Waals surface area contributed by atoms with Crippen LogP contribution in [-0.4, -0.2) is 71.8 Å². The van der Waals surface area contributed by atoms with E-state index in [1.807, 2.05) is 30.3 Å². The molecule has 0 radical (unpaired) electrons. The van der Waals surface area contributed by atoms with Gasteiger partial charge < -0.3 is 23.7 Å². The maximum Gasteiger partial charge on any atom is 0.420 e. The van der Waals surface area contributed by atoms with Gasteiger partial charge in [-0.05, 0) is 73.3 Å². The molecule has 1 aliphatic carbocycles. The van der Waals surface area contributed by atoms with Crippen molar-refractivity contribution in [3.05, 3.63) is 35.9 Å². The van der Waals surface area contributed by atoms with E-state index in [0.29, 0.717) is 11.3 Å². The van der Waals surface area contributed by atoms with E-state index in [-0.39, 0.29) is 25.2 Å². The Morgan fingerprint density at radius 2 is 1.49 bits per heavy atom. The molecule has 1 saturated heterocycles. The molecule has 0 N–H and O–H groups in total. The van der Waals surface area contributed by atoms with Crippen LogP contribution in [0.25, 0.3) is 0 Å². The molecule has 2 fully saturated rings. The molecule has 1 heterocycles. The number of nitrogens with zero attached hydrogens (tertiary/aromatic N) is 1. The lowest BCUT2D eigenvalue weighted by Crippen LogP contribution is -2.54. The fourth-order valence-electron chi connectivity index (χ4n) is 4.90. The Morgan fingerprint density at radius 3 is 2.03 bits per heavy atom. The third-order valence-corrected chi connectivity index (χ3v) is 6.59. The summed E-state index contributed by atoms with van der Waals surface area (Å²) in [6, 6.07) is 8.64. The lowest BCUT2D eigenvalue weighted by atomic mass is 9.91. The van der Waals surface area contributed by atoms with Crippen LogP contribution in [0.2, 0.25) is 0 Å². The van der Waals surface area contributed by atoms with E-state index in [1.165, 1.54) is 0 Å². The van der Waals surface area contributed by atoms with Crippen molar-refractivity contribution < 1.29 is 38.1 Å². The molecule has 2 amide bonds. The highest BCUT2D eigenvalue weighted by molar-refractivity contribution is 5.94. The Hall–Kier alpha value is -2.65. The molecule has 1 saturated carbocycles. The van der Waals surface area contributed by atoms with Gasteiger partial charge in [-0.2, -0.15) is 4.90 Å². The number of carbonyl (C=O) groups is 3. The maximum absolute atomic E-state index is 13.5. The zero-order chi connectivity index (χ0) is 28.8. The second-order valence-corrected chi connectivity index (χ2v) is 12.5. The van der Waals surface area contributed by atoms with Crippen molar-refractivity contribution in [3.63, 3.8) is 0 Å². The van der Waals surface area contributed by atoms with E-state index >= 15 is 0 Å². The second kappa shape index (κ2) is 13.1. The summed E-state index contributed by atoms with van der Waals surface area (Å²) < 4.78 is 29.5. The van der Waals surface area contributed by atoms with Crippen molar-refractivity contribution >= 4 is 18.2 Å². The highest BCUT2D eigenvalue weighted by Crippen LogP contribution is 2.30. The highest BCUT2D eigenvalue weighted by atomic mass is 16.6. The van der Waals surface area contributed by atoms with E-state index in [4.69, 9.17) is 23.7 Å². The van der Waals surface area contributed by atoms with Crippen LogP contribution >= 0.6 is 0 Å². The van der Waals surface area contributed by atoms with Gasteiger partial charge in [-0.25, -0.2) is 14.4 Å². The number of cyclic esters (lactones) is 1. The van der Waals surface area contributed by atoms with Crippen LogP contribution in [0.1, 0.15) is 79.7 Å². The fraction of sp³-hybridized carbons (Fsp3) is 0.700. The quantitative estimate of drug-likeness (QED) is 0.343. The van der Waals surface area contributed by atoms with Crippen LogP contribution in [0.4, 0.5) is 9.59 Å². The number of esters is 1. The summed E-state index contributed by atoms with van der Waals surface area (Å²) in [6.45, 7) is 11.9. The molecule has 4 atom stereocenters. The van der Waals surface area contributed by atoms with Crippen molar-refractivity contribution in [3.8, 4) is 0 Å². The summed E-state index contributed by atoms with van der Waals surface area (Å²) in [7, 11) is 0. The van der Waals surface area contributed by atoms with Gasteiger partial charge in [0.2, 0.25) is 0 Å². The zero-order valence-electron chi connectivity index (χ0n) is 24.4. The van der Waals surface area contributed by atoms with Crippen LogP contribution in [-0.2, 0) is 34.9 Å². The predicted molar refractivity (Wildman–Crippen MR) is 145 cm³/mol. The Balaban J connectivity index is 1.90. The normalized spacial score (nSPS) is 25.2. The molecule has 3 rings (SSSR count). The van der Waals surface area contributed by atoms with Gasteiger partial charge in [0.25, 0.3) is 0 Å². The van der Waals surface area contributed by atoms with Gasteiger partial charge in [-0.3, -0.25) is 0 Å². The molecule has 0 bridgehead atoms. The summed E-state index contributed by atoms with van der Waals surface area (Å²) in [5.41, 5.74) is -0.700. The smallest absolute Gasteiger partial charge is 0.420 e. The molecule has 9 heteroatoms. The van der Waals surface area contributed by atoms with Gasteiger partial charge in [0.05, 0.1) is 25.4 Å². The van der Waals surface area contributed by atoms with Crippen LogP contribution in [0.5, 0.6) is 0 Å². The molecule has 1 aliphatic heterocycles. The first-order chi connectivity index (χ1) is 18.2. The summed E-state index contributed by atoms with van der Waals surface area (Å²) >= 11 is 0. The van der Waals surface area contributed by atoms with Crippen molar-refractivity contribution in [1.82, 2.24) is 4.90 Å². The van der Waals surface area contributed by atoms with Crippen LogP contribution in [0.3, 0.4) is 0 Å². The lowest BCUT2D eigenvalue weighted by molar-refractivity contribution is -0.167. The Morgan fingerprint density at radius 1 is 0.923 bits per heavy atom. The Labute approximate surface area is 232 Å². The van der Waals surface area contributed by atoms with E-state index < -0.39 is 47.6 Å². The Kier molecular flexibility index (Phi) is 10.4. The van der Waals surface area contributed by atoms with Gasteiger partial charge >= 0.3 is 18.2 Å². The third kappa shape index (κ3) is 9.49. The molecular weight excluding hydrogens is 502 g/mol. The van der Waals surface area contributed by atoms with Crippen molar-refractivity contribution in [2.75, 3.05) is 13.2 Å². The molecule has 0 aromatic heterocycles. The van der Waals surface area contributed by atoms with E-state index in [0.717, 1.165) is 31.2 Å². The first-order valence-electron chi connectivity index (χ1n) is 14.0. The van der Waals surface area contributed by atoms with Gasteiger partial charge in [-0.15, -0.1) is 0 Å². The minimum atomic E-state index is -1.39.